The zero-order valence-corrected chi connectivity index (χ0v) is 12.2. The first-order valence-corrected chi connectivity index (χ1v) is 6.94. The highest BCUT2D eigenvalue weighted by Gasteiger charge is 2.22. The highest BCUT2D eigenvalue weighted by atomic mass is 32.2. The van der Waals surface area contributed by atoms with E-state index in [9.17, 15) is 24.1 Å². The van der Waals surface area contributed by atoms with E-state index in [1.54, 1.807) is 0 Å². The first-order valence-electron chi connectivity index (χ1n) is 5.99. The summed E-state index contributed by atoms with van der Waals surface area (Å²) in [6.07, 6.45) is -0.376. The molecule has 0 aromatic carbocycles. The molecule has 0 unspecified atom stereocenters. The molecule has 0 rings (SSSR count). The summed E-state index contributed by atoms with van der Waals surface area (Å²) >= 11 is 0.478. The molecule has 0 heterocycles. The third-order valence-electron chi connectivity index (χ3n) is 2.36. The lowest BCUT2D eigenvalue weighted by atomic mass is 10.1. The van der Waals surface area contributed by atoms with Crippen LogP contribution in [0.1, 0.15) is 12.8 Å². The number of rotatable bonds is 11. The predicted molar refractivity (Wildman–Crippen MR) is 75.7 cm³/mol. The topological polar surface area (TPSA) is 188 Å². The summed E-state index contributed by atoms with van der Waals surface area (Å²) in [5.41, 5.74) is 5.23. The van der Waals surface area contributed by atoms with Crippen LogP contribution in [-0.4, -0.2) is 58.3 Å². The van der Waals surface area contributed by atoms with E-state index in [0.29, 0.717) is 11.9 Å². The molecule has 0 spiro atoms. The molecule has 0 radical (unpaired) electrons. The molecule has 0 bridgehead atoms. The van der Waals surface area contributed by atoms with E-state index in [1.165, 1.54) is 0 Å². The Morgan fingerprint density at radius 1 is 1.23 bits per heavy atom. The number of nitrogens with two attached hydrogens (primary N) is 1. The Hall–Kier alpha value is -2.21. The fraction of sp³-hybridized carbons (Fsp3) is 0.600. The number of amides is 2. The fourth-order valence-electron chi connectivity index (χ4n) is 1.25. The van der Waals surface area contributed by atoms with Crippen molar-refractivity contribution in [1.29, 1.82) is 0 Å². The van der Waals surface area contributed by atoms with Gasteiger partial charge in [0, 0.05) is 28.7 Å². The third-order valence-corrected chi connectivity index (χ3v) is 2.95. The second kappa shape index (κ2) is 10.5. The average Bonchev–Trinajstić information content (AvgIpc) is 2.46. The van der Waals surface area contributed by atoms with Crippen LogP contribution in [0.4, 0.5) is 0 Å². The molecule has 0 saturated heterocycles. The van der Waals surface area contributed by atoms with Crippen LogP contribution in [-0.2, 0) is 19.2 Å². The Bertz CT molecular complexity index is 445. The molecule has 124 valence electrons. The van der Waals surface area contributed by atoms with Crippen LogP contribution in [0, 0.1) is 4.91 Å². The van der Waals surface area contributed by atoms with Crippen LogP contribution in [0.5, 0.6) is 0 Å². The zero-order valence-electron chi connectivity index (χ0n) is 11.4. The number of nitrogens with zero attached hydrogens (tertiary/aromatic N) is 1. The number of carbonyl (C=O) groups excluding carboxylic acids is 2. The number of hydrogen-bond donors (Lipinski definition) is 5. The molecule has 6 N–H and O–H groups in total. The predicted octanol–water partition coefficient (Wildman–Crippen LogP) is -1.72. The Morgan fingerprint density at radius 3 is 2.36 bits per heavy atom. The Kier molecular flexibility index (Phi) is 9.45. The van der Waals surface area contributed by atoms with Crippen LogP contribution < -0.4 is 16.4 Å². The molecule has 11 nitrogen and oxygen atoms in total. The lowest BCUT2D eigenvalue weighted by molar-refractivity contribution is -0.139. The molecule has 2 atom stereocenters. The summed E-state index contributed by atoms with van der Waals surface area (Å²) in [5, 5.41) is 21.3. The molecule has 0 aromatic rings. The van der Waals surface area contributed by atoms with Crippen molar-refractivity contribution in [1.82, 2.24) is 10.6 Å². The molecule has 0 fully saturated rings. The first kappa shape index (κ1) is 19.8. The summed E-state index contributed by atoms with van der Waals surface area (Å²) in [6, 6.07) is -2.38. The van der Waals surface area contributed by atoms with Crippen molar-refractivity contribution < 1.29 is 29.4 Å². The summed E-state index contributed by atoms with van der Waals surface area (Å²) in [6.45, 7) is -0.645. The minimum absolute atomic E-state index is 0.135. The Labute approximate surface area is 129 Å². The Balaban J connectivity index is 4.46. The van der Waals surface area contributed by atoms with Gasteiger partial charge in [-0.3, -0.25) is 19.2 Å². The van der Waals surface area contributed by atoms with Gasteiger partial charge in [0.25, 0.3) is 0 Å². The number of carboxylic acids is 2. The number of carboxylic acid groups (broad SMARTS) is 2. The van der Waals surface area contributed by atoms with Gasteiger partial charge in [0.1, 0.15) is 18.6 Å². The number of nitroso groups, excluding NO2 is 1. The van der Waals surface area contributed by atoms with E-state index in [2.05, 4.69) is 15.2 Å². The van der Waals surface area contributed by atoms with Crippen LogP contribution in [0.25, 0.3) is 0 Å². The van der Waals surface area contributed by atoms with E-state index < -0.39 is 42.4 Å². The Morgan fingerprint density at radius 2 is 1.86 bits per heavy atom. The number of hydrogen-bond acceptors (Lipinski definition) is 8. The van der Waals surface area contributed by atoms with Gasteiger partial charge in [0.05, 0.1) is 0 Å². The van der Waals surface area contributed by atoms with Gasteiger partial charge in [0.15, 0.2) is 0 Å². The van der Waals surface area contributed by atoms with E-state index in [4.69, 9.17) is 15.9 Å². The van der Waals surface area contributed by atoms with Crippen LogP contribution in [0.3, 0.4) is 0 Å². The van der Waals surface area contributed by atoms with Crippen molar-refractivity contribution >= 4 is 35.7 Å². The lowest BCUT2D eigenvalue weighted by Crippen LogP contribution is -2.49. The van der Waals surface area contributed by atoms with E-state index in [0.717, 1.165) is 0 Å². The van der Waals surface area contributed by atoms with Crippen molar-refractivity contribution in [3.63, 3.8) is 0 Å². The summed E-state index contributed by atoms with van der Waals surface area (Å²) < 4.78 is 2.48. The number of aliphatic carboxylic acids is 2. The molecule has 0 aliphatic heterocycles. The second-order valence-electron chi connectivity index (χ2n) is 4.09. The number of nitrogens with one attached hydrogen (secondary N) is 2. The van der Waals surface area contributed by atoms with Gasteiger partial charge in [-0.2, -0.15) is 0 Å². The maximum Gasteiger partial charge on any atom is 0.322 e. The van der Waals surface area contributed by atoms with Crippen LogP contribution in [0.2, 0.25) is 0 Å². The van der Waals surface area contributed by atoms with Gasteiger partial charge >= 0.3 is 11.9 Å². The minimum atomic E-state index is -1.27. The van der Waals surface area contributed by atoms with Gasteiger partial charge < -0.3 is 26.6 Å². The maximum absolute atomic E-state index is 11.7. The summed E-state index contributed by atoms with van der Waals surface area (Å²) in [5.74, 6) is -4.17. The molecule has 2 amide bonds. The molecule has 12 heteroatoms. The van der Waals surface area contributed by atoms with Gasteiger partial charge in [-0.15, -0.1) is 4.91 Å². The molecular formula is C10H16N4O7S. The SMILES string of the molecule is N[C@H](CCC(=O)N[C@@H](CSN=O)C(=O)NCC(=O)O)C(=O)O. The normalized spacial score (nSPS) is 12.8. The number of carbonyl (C=O) groups is 4. The molecular weight excluding hydrogens is 320 g/mol. The summed E-state index contributed by atoms with van der Waals surface area (Å²) in [7, 11) is 0. The van der Waals surface area contributed by atoms with Gasteiger partial charge in [0.2, 0.25) is 11.8 Å². The van der Waals surface area contributed by atoms with Crippen molar-refractivity contribution in [3.05, 3.63) is 4.91 Å². The highest BCUT2D eigenvalue weighted by Crippen LogP contribution is 2.05. The molecule has 0 aliphatic carbocycles. The van der Waals surface area contributed by atoms with Crippen molar-refractivity contribution in [2.75, 3.05) is 12.3 Å². The molecule has 0 saturated carbocycles. The molecule has 0 aromatic heterocycles. The maximum atomic E-state index is 11.7. The minimum Gasteiger partial charge on any atom is -0.480 e. The second-order valence-corrected chi connectivity index (χ2v) is 4.83. The van der Waals surface area contributed by atoms with Crippen molar-refractivity contribution in [2.45, 2.75) is 24.9 Å². The fourth-order valence-corrected chi connectivity index (χ4v) is 1.70. The standard InChI is InChI=1S/C10H16N4O7S/c11-5(10(19)20)1-2-7(15)13-6(4-22-14-21)9(18)12-3-8(16)17/h5-6H,1-4,11H2,(H,12,18)(H,13,15)(H,16,17)(H,19,20)/t5-,6+/m1/s1. The van der Waals surface area contributed by atoms with Gasteiger partial charge in [-0.05, 0) is 6.42 Å². The highest BCUT2D eigenvalue weighted by molar-refractivity contribution is 7.97. The monoisotopic (exact) mass is 336 g/mol. The quantitative estimate of drug-likeness (QED) is 0.216. The van der Waals surface area contributed by atoms with Gasteiger partial charge in [-0.1, -0.05) is 0 Å². The third kappa shape index (κ3) is 8.86. The van der Waals surface area contributed by atoms with Crippen LogP contribution >= 0.6 is 11.9 Å². The first-order chi connectivity index (χ1) is 10.3. The smallest absolute Gasteiger partial charge is 0.322 e. The average molecular weight is 336 g/mol. The zero-order chi connectivity index (χ0) is 17.1. The van der Waals surface area contributed by atoms with Crippen molar-refractivity contribution in [2.24, 2.45) is 10.3 Å². The molecule has 0 aliphatic rings. The molecule has 22 heavy (non-hydrogen) atoms. The van der Waals surface area contributed by atoms with Crippen LogP contribution in [0.15, 0.2) is 4.58 Å². The van der Waals surface area contributed by atoms with Gasteiger partial charge in [-0.25, -0.2) is 0 Å². The van der Waals surface area contributed by atoms with E-state index >= 15 is 0 Å². The van der Waals surface area contributed by atoms with E-state index in [-0.39, 0.29) is 18.6 Å². The lowest BCUT2D eigenvalue weighted by Gasteiger charge is -2.16. The van der Waals surface area contributed by atoms with E-state index in [1.807, 2.05) is 0 Å². The largest absolute Gasteiger partial charge is 0.480 e. The summed E-state index contributed by atoms with van der Waals surface area (Å²) in [4.78, 5) is 54.2. The van der Waals surface area contributed by atoms with Crippen molar-refractivity contribution in [3.8, 4) is 0 Å².